The van der Waals surface area contributed by atoms with Gasteiger partial charge in [-0.1, -0.05) is 78.9 Å². The summed E-state index contributed by atoms with van der Waals surface area (Å²) in [6.07, 6.45) is 0. The molecule has 4 nitrogen and oxygen atoms in total. The van der Waals surface area contributed by atoms with E-state index in [9.17, 15) is 0 Å². The van der Waals surface area contributed by atoms with Crippen LogP contribution in [0, 0.1) is 0 Å². The van der Waals surface area contributed by atoms with E-state index in [2.05, 4.69) is 196 Å². The van der Waals surface area contributed by atoms with Crippen molar-refractivity contribution in [1.82, 2.24) is 5.43 Å². The van der Waals surface area contributed by atoms with Gasteiger partial charge >= 0.3 is 0 Å². The maximum atomic E-state index is 5.07. The van der Waals surface area contributed by atoms with E-state index in [0.29, 0.717) is 0 Å². The van der Waals surface area contributed by atoms with Crippen LogP contribution in [0.1, 0.15) is 18.1 Å². The second kappa shape index (κ2) is 15.0. The highest BCUT2D eigenvalue weighted by atomic mass is 79.9. The maximum absolute atomic E-state index is 5.07. The van der Waals surface area contributed by atoms with E-state index in [4.69, 9.17) is 5.10 Å². The molecule has 0 aromatic heterocycles. The second-order valence-corrected chi connectivity index (χ2v) is 14.2. The molecular weight excluding hydrogens is 623 g/mol. The summed E-state index contributed by atoms with van der Waals surface area (Å²) >= 11 is 0. The standard InChI is InChI=1S/C38H40N4P.BrH/c1-30(29-43(35-15-9-6-10-16-35,36-17-11-7-12-18-36)37-19-13-8-14-20-37)39-40-38(31-21-25-33(26-22-31)41(2)3)32-23-27-34(28-24-32)42(4)5;/h6-29,39H,1-5H3;1H/q+1;/b30-29+;. The van der Waals surface area contributed by atoms with Gasteiger partial charge in [-0.05, 0) is 67.6 Å². The number of nitrogens with one attached hydrogen (secondary N) is 1. The maximum Gasteiger partial charge on any atom is 0.138 e. The molecule has 0 heterocycles. The Bertz CT molecular complexity index is 1520. The van der Waals surface area contributed by atoms with Crippen LogP contribution in [0.15, 0.2) is 156 Å². The summed E-state index contributed by atoms with van der Waals surface area (Å²) in [5.41, 5.74) is 9.78. The molecule has 44 heavy (non-hydrogen) atoms. The molecule has 0 spiro atoms. The average molecular weight is 665 g/mol. The van der Waals surface area contributed by atoms with Crippen molar-refractivity contribution in [3.63, 3.8) is 0 Å². The predicted molar refractivity (Wildman–Crippen MR) is 200 cm³/mol. The first-order valence-corrected chi connectivity index (χ1v) is 16.4. The lowest BCUT2D eigenvalue weighted by atomic mass is 10.0. The molecule has 0 aliphatic heterocycles. The van der Waals surface area contributed by atoms with Crippen molar-refractivity contribution in [2.24, 2.45) is 5.10 Å². The number of allylic oxidation sites excluding steroid dienone is 1. The van der Waals surface area contributed by atoms with Gasteiger partial charge in [0.05, 0.1) is 17.2 Å². The van der Waals surface area contributed by atoms with Crippen LogP contribution in [-0.2, 0) is 0 Å². The monoisotopic (exact) mass is 663 g/mol. The zero-order valence-electron chi connectivity index (χ0n) is 26.1. The second-order valence-electron chi connectivity index (χ2n) is 11.0. The summed E-state index contributed by atoms with van der Waals surface area (Å²) in [4.78, 5) is 4.22. The molecule has 5 aromatic carbocycles. The van der Waals surface area contributed by atoms with E-state index in [1.807, 2.05) is 0 Å². The number of halogens is 1. The van der Waals surface area contributed by atoms with Crippen molar-refractivity contribution in [1.29, 1.82) is 0 Å². The van der Waals surface area contributed by atoms with E-state index in [1.54, 1.807) is 0 Å². The van der Waals surface area contributed by atoms with Crippen LogP contribution in [-0.4, -0.2) is 33.9 Å². The summed E-state index contributed by atoms with van der Waals surface area (Å²) in [5.74, 6) is 2.42. The Morgan fingerprint density at radius 2 is 0.886 bits per heavy atom. The van der Waals surface area contributed by atoms with Gasteiger partial charge in [-0.2, -0.15) is 5.10 Å². The van der Waals surface area contributed by atoms with Gasteiger partial charge in [-0.15, -0.1) is 17.0 Å². The van der Waals surface area contributed by atoms with Gasteiger partial charge in [0.15, 0.2) is 0 Å². The topological polar surface area (TPSA) is 30.9 Å². The smallest absolute Gasteiger partial charge is 0.138 e. The summed E-state index contributed by atoms with van der Waals surface area (Å²) in [6.45, 7) is 2.12. The Morgan fingerprint density at radius 3 is 1.20 bits per heavy atom. The van der Waals surface area contributed by atoms with Crippen LogP contribution in [0.3, 0.4) is 0 Å². The Labute approximate surface area is 273 Å². The minimum absolute atomic E-state index is 0. The van der Waals surface area contributed by atoms with Crippen LogP contribution in [0.5, 0.6) is 0 Å². The number of nitrogens with zero attached hydrogens (tertiary/aromatic N) is 3. The van der Waals surface area contributed by atoms with Crippen molar-refractivity contribution < 1.29 is 0 Å². The minimum Gasteiger partial charge on any atom is -0.378 e. The number of hydrogen-bond acceptors (Lipinski definition) is 4. The molecule has 5 rings (SSSR count). The van der Waals surface area contributed by atoms with Crippen molar-refractivity contribution in [3.8, 4) is 0 Å². The molecule has 0 aliphatic rings. The van der Waals surface area contributed by atoms with Gasteiger partial charge in [0, 0.05) is 50.7 Å². The van der Waals surface area contributed by atoms with E-state index >= 15 is 0 Å². The fourth-order valence-electron chi connectivity index (χ4n) is 5.25. The quantitative estimate of drug-likeness (QED) is 0.0949. The van der Waals surface area contributed by atoms with E-state index in [0.717, 1.165) is 33.9 Å². The van der Waals surface area contributed by atoms with Crippen LogP contribution in [0.4, 0.5) is 11.4 Å². The van der Waals surface area contributed by atoms with Gasteiger partial charge in [0.2, 0.25) is 0 Å². The van der Waals surface area contributed by atoms with Gasteiger partial charge in [0.1, 0.15) is 23.2 Å². The third kappa shape index (κ3) is 7.30. The van der Waals surface area contributed by atoms with E-state index in [-0.39, 0.29) is 17.0 Å². The van der Waals surface area contributed by atoms with Crippen molar-refractivity contribution in [2.75, 3.05) is 38.0 Å². The fraction of sp³-hybridized carbons (Fsp3) is 0.132. The molecule has 0 saturated carbocycles. The van der Waals surface area contributed by atoms with Crippen molar-refractivity contribution in [3.05, 3.63) is 162 Å². The summed E-state index contributed by atoms with van der Waals surface area (Å²) < 4.78 is 0. The van der Waals surface area contributed by atoms with E-state index < -0.39 is 7.26 Å². The van der Waals surface area contributed by atoms with Gasteiger partial charge in [-0.25, -0.2) is 0 Å². The molecule has 0 atom stereocenters. The highest BCUT2D eigenvalue weighted by Crippen LogP contribution is 2.57. The van der Waals surface area contributed by atoms with Crippen LogP contribution in [0.25, 0.3) is 0 Å². The highest BCUT2D eigenvalue weighted by molar-refractivity contribution is 8.93. The van der Waals surface area contributed by atoms with Gasteiger partial charge < -0.3 is 9.80 Å². The Kier molecular flexibility index (Phi) is 11.2. The molecule has 224 valence electrons. The molecule has 0 amide bonds. The average Bonchev–Trinajstić information content (AvgIpc) is 3.05. The third-order valence-electron chi connectivity index (χ3n) is 7.54. The first-order valence-electron chi connectivity index (χ1n) is 14.5. The highest BCUT2D eigenvalue weighted by Gasteiger charge is 2.43. The number of hydrogen-bond donors (Lipinski definition) is 1. The molecular formula is C38H41BrN4P+. The zero-order valence-corrected chi connectivity index (χ0v) is 28.7. The molecule has 0 radical (unpaired) electrons. The summed E-state index contributed by atoms with van der Waals surface area (Å²) in [7, 11) is 6.07. The summed E-state index contributed by atoms with van der Waals surface area (Å²) in [6, 6.07) is 49.7. The number of rotatable bonds is 10. The Morgan fingerprint density at radius 1 is 0.545 bits per heavy atom. The molecule has 5 aromatic rings. The largest absolute Gasteiger partial charge is 0.378 e. The van der Waals surface area contributed by atoms with Gasteiger partial charge in [0.25, 0.3) is 0 Å². The number of anilines is 2. The first kappa shape index (κ1) is 32.7. The van der Waals surface area contributed by atoms with Crippen LogP contribution in [0.2, 0.25) is 0 Å². The summed E-state index contributed by atoms with van der Waals surface area (Å²) in [5, 5.41) is 8.97. The van der Waals surface area contributed by atoms with Crippen molar-refractivity contribution >= 4 is 57.2 Å². The predicted octanol–water partition coefficient (Wildman–Crippen LogP) is 7.59. The lowest BCUT2D eigenvalue weighted by molar-refractivity contribution is 0.891. The fourth-order valence-corrected chi connectivity index (χ4v) is 9.16. The molecule has 6 heteroatoms. The molecule has 0 aliphatic carbocycles. The Hall–Kier alpha value is -4.18. The third-order valence-corrected chi connectivity index (χ3v) is 11.6. The van der Waals surface area contributed by atoms with Crippen LogP contribution >= 0.6 is 24.2 Å². The lowest BCUT2D eigenvalue weighted by Gasteiger charge is -2.24. The molecule has 0 fully saturated rings. The zero-order chi connectivity index (χ0) is 30.2. The van der Waals surface area contributed by atoms with Crippen molar-refractivity contribution in [2.45, 2.75) is 6.92 Å². The first-order chi connectivity index (χ1) is 20.9. The normalized spacial score (nSPS) is 11.2. The molecule has 0 saturated heterocycles. The van der Waals surface area contributed by atoms with E-state index in [1.165, 1.54) is 15.9 Å². The van der Waals surface area contributed by atoms with Crippen LogP contribution < -0.4 is 31.1 Å². The SMILES string of the molecule is Br.C/C(=C\[P+](c1ccccc1)(c1ccccc1)c1ccccc1)NN=C(c1ccc(N(C)C)cc1)c1ccc(N(C)C)cc1. The lowest BCUT2D eigenvalue weighted by Crippen LogP contribution is -2.30. The molecule has 0 unspecified atom stereocenters. The van der Waals surface area contributed by atoms with Gasteiger partial charge in [-0.3, -0.25) is 5.43 Å². The minimum atomic E-state index is -2.15. The number of hydrazone groups is 1. The molecule has 1 N–H and O–H groups in total. The molecule has 0 bridgehead atoms. The Balaban J connectivity index is 0.00000442. The number of benzene rings is 5.